The number of carbonyl (C=O) groups is 1. The zero-order chi connectivity index (χ0) is 20.3. The Morgan fingerprint density at radius 3 is 2.39 bits per heavy atom. The number of carbonyl (C=O) groups excluding carboxylic acids is 1. The lowest BCUT2D eigenvalue weighted by atomic mass is 9.90. The van der Waals surface area contributed by atoms with Gasteiger partial charge in [0.2, 0.25) is 5.91 Å². The predicted octanol–water partition coefficient (Wildman–Crippen LogP) is 4.02. The molecule has 1 aliphatic rings. The fourth-order valence-corrected chi connectivity index (χ4v) is 4.10. The van der Waals surface area contributed by atoms with E-state index >= 15 is 0 Å². The molecule has 1 N–H and O–H groups in total. The number of likely N-dealkylation sites (tertiary alicyclic amines) is 1. The van der Waals surface area contributed by atoms with Crippen molar-refractivity contribution in [3.63, 3.8) is 0 Å². The summed E-state index contributed by atoms with van der Waals surface area (Å²) in [5.41, 5.74) is 5.47. The maximum atomic E-state index is 12.8. The van der Waals surface area contributed by atoms with Crippen LogP contribution in [0.5, 0.6) is 0 Å². The second-order valence-electron chi connectivity index (χ2n) is 8.34. The van der Waals surface area contributed by atoms with Crippen molar-refractivity contribution in [2.75, 3.05) is 18.4 Å². The minimum atomic E-state index is -0.114. The van der Waals surface area contributed by atoms with E-state index in [0.29, 0.717) is 0 Å². The summed E-state index contributed by atoms with van der Waals surface area (Å²) in [6.07, 6.45) is 4.74. The Bertz CT molecular complexity index is 801. The predicted molar refractivity (Wildman–Crippen MR) is 115 cm³/mol. The number of aromatic nitrogens is 2. The lowest BCUT2D eigenvalue weighted by Crippen LogP contribution is -2.46. The zero-order valence-corrected chi connectivity index (χ0v) is 18.0. The average molecular weight is 383 g/mol. The Morgan fingerprint density at radius 1 is 1.18 bits per heavy atom. The normalized spacial score (nSPS) is 16.9. The minimum absolute atomic E-state index is 0.0669. The summed E-state index contributed by atoms with van der Waals surface area (Å²) in [4.78, 5) is 15.1. The van der Waals surface area contributed by atoms with E-state index in [1.807, 2.05) is 32.5 Å². The Kier molecular flexibility index (Phi) is 6.55. The SMILES string of the molecule is Cc1ccc(CCC2CCN(C(C)C(=O)Nc3c(C)nn(C)c3C)CC2)cc1. The molecule has 1 amide bonds. The van der Waals surface area contributed by atoms with Crippen molar-refractivity contribution in [1.82, 2.24) is 14.7 Å². The van der Waals surface area contributed by atoms with Crippen LogP contribution in [0.3, 0.4) is 0 Å². The van der Waals surface area contributed by atoms with Gasteiger partial charge in [-0.15, -0.1) is 0 Å². The van der Waals surface area contributed by atoms with Crippen LogP contribution < -0.4 is 5.32 Å². The van der Waals surface area contributed by atoms with Gasteiger partial charge in [0.1, 0.15) is 0 Å². The molecule has 1 aliphatic heterocycles. The van der Waals surface area contributed by atoms with Crippen LogP contribution in [0.1, 0.15) is 48.7 Å². The van der Waals surface area contributed by atoms with Crippen molar-refractivity contribution in [3.8, 4) is 0 Å². The first-order chi connectivity index (χ1) is 13.3. The molecule has 1 atom stereocenters. The van der Waals surface area contributed by atoms with Gasteiger partial charge >= 0.3 is 0 Å². The Hall–Kier alpha value is -2.14. The maximum Gasteiger partial charge on any atom is 0.241 e. The molecule has 28 heavy (non-hydrogen) atoms. The first-order valence-electron chi connectivity index (χ1n) is 10.5. The van der Waals surface area contributed by atoms with Crippen LogP contribution in [-0.4, -0.2) is 39.7 Å². The number of hydrogen-bond acceptors (Lipinski definition) is 3. The number of nitrogens with zero attached hydrogens (tertiary/aromatic N) is 3. The summed E-state index contributed by atoms with van der Waals surface area (Å²) in [6, 6.07) is 8.78. The first kappa shape index (κ1) is 20.6. The highest BCUT2D eigenvalue weighted by atomic mass is 16.2. The minimum Gasteiger partial charge on any atom is -0.322 e. The van der Waals surface area contributed by atoms with Crippen molar-refractivity contribution in [2.45, 2.75) is 59.4 Å². The lowest BCUT2D eigenvalue weighted by molar-refractivity contribution is -0.121. The third-order valence-corrected chi connectivity index (χ3v) is 6.30. The van der Waals surface area contributed by atoms with E-state index in [1.165, 1.54) is 30.4 Å². The molecule has 152 valence electrons. The summed E-state index contributed by atoms with van der Waals surface area (Å²) in [6.45, 7) is 10.1. The molecule has 0 bridgehead atoms. The van der Waals surface area contributed by atoms with Crippen LogP contribution in [0.2, 0.25) is 0 Å². The third-order valence-electron chi connectivity index (χ3n) is 6.30. The lowest BCUT2D eigenvalue weighted by Gasteiger charge is -2.35. The van der Waals surface area contributed by atoms with Gasteiger partial charge in [-0.2, -0.15) is 5.10 Å². The van der Waals surface area contributed by atoms with Gasteiger partial charge in [0, 0.05) is 7.05 Å². The van der Waals surface area contributed by atoms with E-state index in [-0.39, 0.29) is 11.9 Å². The van der Waals surface area contributed by atoms with E-state index in [4.69, 9.17) is 0 Å². The number of amides is 1. The van der Waals surface area contributed by atoms with Gasteiger partial charge in [-0.3, -0.25) is 14.4 Å². The molecule has 1 aromatic heterocycles. The van der Waals surface area contributed by atoms with Gasteiger partial charge < -0.3 is 5.32 Å². The molecule has 1 unspecified atom stereocenters. The number of aryl methyl sites for hydroxylation is 4. The quantitative estimate of drug-likeness (QED) is 0.821. The van der Waals surface area contributed by atoms with Crippen LogP contribution in [0.25, 0.3) is 0 Å². The number of anilines is 1. The van der Waals surface area contributed by atoms with Gasteiger partial charge in [-0.1, -0.05) is 29.8 Å². The molecule has 1 aromatic carbocycles. The summed E-state index contributed by atoms with van der Waals surface area (Å²) in [7, 11) is 1.91. The second kappa shape index (κ2) is 8.91. The molecule has 0 radical (unpaired) electrons. The third kappa shape index (κ3) is 4.82. The molecule has 1 saturated heterocycles. The van der Waals surface area contributed by atoms with Gasteiger partial charge in [0.25, 0.3) is 0 Å². The van der Waals surface area contributed by atoms with E-state index < -0.39 is 0 Å². The number of nitrogens with one attached hydrogen (secondary N) is 1. The molecule has 5 nitrogen and oxygen atoms in total. The highest BCUT2D eigenvalue weighted by molar-refractivity contribution is 5.95. The molecule has 5 heteroatoms. The van der Waals surface area contributed by atoms with Crippen molar-refractivity contribution in [1.29, 1.82) is 0 Å². The molecular formula is C23H34N4O. The van der Waals surface area contributed by atoms with Crippen LogP contribution >= 0.6 is 0 Å². The fraction of sp³-hybridized carbons (Fsp3) is 0.565. The molecule has 2 heterocycles. The highest BCUT2D eigenvalue weighted by Crippen LogP contribution is 2.25. The number of hydrogen-bond donors (Lipinski definition) is 1. The summed E-state index contributed by atoms with van der Waals surface area (Å²) in [5.74, 6) is 0.827. The largest absolute Gasteiger partial charge is 0.322 e. The molecule has 1 fully saturated rings. The van der Waals surface area contributed by atoms with Crippen molar-refractivity contribution >= 4 is 11.6 Å². The van der Waals surface area contributed by atoms with Crippen LogP contribution in [0, 0.1) is 26.7 Å². The molecule has 3 rings (SSSR count). The number of benzene rings is 1. The summed E-state index contributed by atoms with van der Waals surface area (Å²) < 4.78 is 1.81. The van der Waals surface area contributed by atoms with Crippen molar-refractivity contribution in [2.24, 2.45) is 13.0 Å². The summed E-state index contributed by atoms with van der Waals surface area (Å²) in [5, 5.41) is 7.48. The van der Waals surface area contributed by atoms with Gasteiger partial charge in [-0.05, 0) is 77.9 Å². The first-order valence-corrected chi connectivity index (χ1v) is 10.5. The van der Waals surface area contributed by atoms with Crippen molar-refractivity contribution in [3.05, 3.63) is 46.8 Å². The van der Waals surface area contributed by atoms with Gasteiger partial charge in [-0.25, -0.2) is 0 Å². The van der Waals surface area contributed by atoms with Gasteiger partial charge in [0.05, 0.1) is 23.1 Å². The van der Waals surface area contributed by atoms with Crippen LogP contribution in [-0.2, 0) is 18.3 Å². The van der Waals surface area contributed by atoms with E-state index in [9.17, 15) is 4.79 Å². The molecular weight excluding hydrogens is 348 g/mol. The number of piperidine rings is 1. The van der Waals surface area contributed by atoms with E-state index in [1.54, 1.807) is 0 Å². The topological polar surface area (TPSA) is 50.2 Å². The monoisotopic (exact) mass is 382 g/mol. The summed E-state index contributed by atoms with van der Waals surface area (Å²) >= 11 is 0. The fourth-order valence-electron chi connectivity index (χ4n) is 4.10. The Labute approximate surface area is 169 Å². The van der Waals surface area contributed by atoms with E-state index in [2.05, 4.69) is 46.5 Å². The number of rotatable bonds is 6. The molecule has 2 aromatic rings. The second-order valence-corrected chi connectivity index (χ2v) is 8.34. The van der Waals surface area contributed by atoms with Crippen LogP contribution in [0.15, 0.2) is 24.3 Å². The smallest absolute Gasteiger partial charge is 0.241 e. The zero-order valence-electron chi connectivity index (χ0n) is 18.0. The Balaban J connectivity index is 1.47. The Morgan fingerprint density at radius 2 is 1.82 bits per heavy atom. The molecule has 0 aliphatic carbocycles. The highest BCUT2D eigenvalue weighted by Gasteiger charge is 2.27. The molecule has 0 saturated carbocycles. The van der Waals surface area contributed by atoms with Crippen LogP contribution in [0.4, 0.5) is 5.69 Å². The average Bonchev–Trinajstić information content (AvgIpc) is 2.93. The van der Waals surface area contributed by atoms with Crippen molar-refractivity contribution < 1.29 is 4.79 Å². The van der Waals surface area contributed by atoms with Gasteiger partial charge in [0.15, 0.2) is 0 Å². The standard InChI is InChI=1S/C23H34N4O/c1-16-6-8-20(9-7-16)10-11-21-12-14-27(15-13-21)19(4)23(28)24-22-17(2)25-26(5)18(22)3/h6-9,19,21H,10-15H2,1-5H3,(H,24,28). The maximum absolute atomic E-state index is 12.8. The molecule has 0 spiro atoms. The van der Waals surface area contributed by atoms with E-state index in [0.717, 1.165) is 42.5 Å².